The molecule has 0 spiro atoms. The highest BCUT2D eigenvalue weighted by Crippen LogP contribution is 2.18. The number of hydrogen-bond donors (Lipinski definition) is 4. The van der Waals surface area contributed by atoms with Crippen LogP contribution >= 0.6 is 0 Å². The SMILES string of the molecule is CS(=O)(=O)NCCCNC(=O)c1cccc(F)c1NN. The lowest BCUT2D eigenvalue weighted by molar-refractivity contribution is 0.0954. The van der Waals surface area contributed by atoms with Crippen molar-refractivity contribution in [2.24, 2.45) is 5.84 Å². The molecule has 0 aliphatic heterocycles. The van der Waals surface area contributed by atoms with Crippen LogP contribution in [0.4, 0.5) is 10.1 Å². The predicted molar refractivity (Wildman–Crippen MR) is 74.0 cm³/mol. The van der Waals surface area contributed by atoms with Crippen LogP contribution in [0.25, 0.3) is 0 Å². The van der Waals surface area contributed by atoms with Crippen molar-refractivity contribution in [2.45, 2.75) is 6.42 Å². The molecule has 0 aliphatic rings. The Hall–Kier alpha value is -1.71. The maximum Gasteiger partial charge on any atom is 0.253 e. The number of benzene rings is 1. The van der Waals surface area contributed by atoms with Crippen molar-refractivity contribution in [3.05, 3.63) is 29.6 Å². The van der Waals surface area contributed by atoms with Crippen LogP contribution in [-0.4, -0.2) is 33.7 Å². The van der Waals surface area contributed by atoms with Gasteiger partial charge in [0, 0.05) is 13.1 Å². The summed E-state index contributed by atoms with van der Waals surface area (Å²) in [5.74, 6) is 4.05. The van der Waals surface area contributed by atoms with Crippen LogP contribution in [0.2, 0.25) is 0 Å². The first-order chi connectivity index (χ1) is 9.35. The number of amides is 1. The third kappa shape index (κ3) is 5.11. The Bertz CT molecular complexity index is 577. The van der Waals surface area contributed by atoms with Gasteiger partial charge in [0.1, 0.15) is 5.82 Å². The van der Waals surface area contributed by atoms with E-state index in [9.17, 15) is 17.6 Å². The van der Waals surface area contributed by atoms with E-state index in [0.29, 0.717) is 6.42 Å². The molecular formula is C11H17FN4O3S. The zero-order valence-corrected chi connectivity index (χ0v) is 11.8. The summed E-state index contributed by atoms with van der Waals surface area (Å²) in [5.41, 5.74) is 2.14. The molecule has 0 aliphatic carbocycles. The Morgan fingerprint density at radius 3 is 2.65 bits per heavy atom. The van der Waals surface area contributed by atoms with Gasteiger partial charge in [-0.3, -0.25) is 10.6 Å². The molecule has 112 valence electrons. The van der Waals surface area contributed by atoms with Crippen molar-refractivity contribution in [2.75, 3.05) is 24.8 Å². The molecule has 9 heteroatoms. The van der Waals surface area contributed by atoms with Gasteiger partial charge in [0.05, 0.1) is 17.5 Å². The summed E-state index contributed by atoms with van der Waals surface area (Å²) < 4.78 is 37.3. The fourth-order valence-electron chi connectivity index (χ4n) is 1.50. The van der Waals surface area contributed by atoms with E-state index in [1.807, 2.05) is 0 Å². The number of carbonyl (C=O) groups excluding carboxylic acids is 1. The van der Waals surface area contributed by atoms with Gasteiger partial charge in [-0.05, 0) is 18.6 Å². The number of halogens is 1. The fraction of sp³-hybridized carbons (Fsp3) is 0.364. The maximum absolute atomic E-state index is 13.4. The summed E-state index contributed by atoms with van der Waals surface area (Å²) in [6, 6.07) is 4.01. The van der Waals surface area contributed by atoms with Gasteiger partial charge in [-0.25, -0.2) is 17.5 Å². The average Bonchev–Trinajstić information content (AvgIpc) is 2.36. The molecule has 7 nitrogen and oxygen atoms in total. The standard InChI is InChI=1S/C11H17FN4O3S/c1-20(18,19)15-7-3-6-14-11(17)8-4-2-5-9(12)10(8)16-13/h2,4-5,15-16H,3,6-7,13H2,1H3,(H,14,17). The van der Waals surface area contributed by atoms with E-state index in [1.165, 1.54) is 18.2 Å². The van der Waals surface area contributed by atoms with E-state index in [2.05, 4.69) is 15.5 Å². The minimum atomic E-state index is -3.23. The first-order valence-electron chi connectivity index (χ1n) is 5.83. The van der Waals surface area contributed by atoms with Crippen molar-refractivity contribution < 1.29 is 17.6 Å². The van der Waals surface area contributed by atoms with E-state index >= 15 is 0 Å². The Morgan fingerprint density at radius 2 is 2.05 bits per heavy atom. The molecular weight excluding hydrogens is 287 g/mol. The van der Waals surface area contributed by atoms with Crippen molar-refractivity contribution in [3.63, 3.8) is 0 Å². The number of carbonyl (C=O) groups is 1. The zero-order chi connectivity index (χ0) is 15.2. The van der Waals surface area contributed by atoms with Crippen LogP contribution < -0.4 is 21.3 Å². The molecule has 5 N–H and O–H groups in total. The second kappa shape index (κ2) is 7.17. The van der Waals surface area contributed by atoms with Crippen LogP contribution in [0.15, 0.2) is 18.2 Å². The van der Waals surface area contributed by atoms with Gasteiger partial charge in [-0.15, -0.1) is 0 Å². The number of nitrogens with two attached hydrogens (primary N) is 1. The second-order valence-corrected chi connectivity index (χ2v) is 5.92. The Balaban J connectivity index is 2.50. The van der Waals surface area contributed by atoms with Gasteiger partial charge in [0.15, 0.2) is 0 Å². The normalized spacial score (nSPS) is 11.2. The average molecular weight is 304 g/mol. The molecule has 0 fully saturated rings. The summed E-state index contributed by atoms with van der Waals surface area (Å²) in [6.45, 7) is 0.464. The van der Waals surface area contributed by atoms with Gasteiger partial charge in [0.2, 0.25) is 10.0 Å². The number of para-hydroxylation sites is 1. The fourth-order valence-corrected chi connectivity index (χ4v) is 2.02. The molecule has 0 heterocycles. The van der Waals surface area contributed by atoms with Gasteiger partial charge >= 0.3 is 0 Å². The summed E-state index contributed by atoms with van der Waals surface area (Å²) >= 11 is 0. The van der Waals surface area contributed by atoms with Crippen molar-refractivity contribution >= 4 is 21.6 Å². The number of hydrogen-bond acceptors (Lipinski definition) is 5. The summed E-state index contributed by atoms with van der Waals surface area (Å²) in [6.07, 6.45) is 1.47. The van der Waals surface area contributed by atoms with E-state index in [-0.39, 0.29) is 24.3 Å². The predicted octanol–water partition coefficient (Wildman–Crippen LogP) is -0.220. The lowest BCUT2D eigenvalue weighted by atomic mass is 10.1. The van der Waals surface area contributed by atoms with E-state index in [0.717, 1.165) is 6.26 Å². The van der Waals surface area contributed by atoms with E-state index in [1.54, 1.807) is 0 Å². The highest BCUT2D eigenvalue weighted by molar-refractivity contribution is 7.88. The quantitative estimate of drug-likeness (QED) is 0.316. The summed E-state index contributed by atoms with van der Waals surface area (Å²) in [7, 11) is -3.23. The van der Waals surface area contributed by atoms with Crippen LogP contribution in [0.1, 0.15) is 16.8 Å². The van der Waals surface area contributed by atoms with Gasteiger partial charge in [0.25, 0.3) is 5.91 Å². The minimum Gasteiger partial charge on any atom is -0.352 e. The minimum absolute atomic E-state index is 0.0840. The third-order valence-corrected chi connectivity index (χ3v) is 3.13. The molecule has 1 rings (SSSR count). The second-order valence-electron chi connectivity index (χ2n) is 4.08. The molecule has 1 aromatic carbocycles. The van der Waals surface area contributed by atoms with Crippen LogP contribution in [0.5, 0.6) is 0 Å². The van der Waals surface area contributed by atoms with Gasteiger partial charge in [-0.1, -0.05) is 6.07 Å². The number of rotatable bonds is 7. The molecule has 0 unspecified atom stereocenters. The largest absolute Gasteiger partial charge is 0.352 e. The first-order valence-corrected chi connectivity index (χ1v) is 7.72. The number of anilines is 1. The monoisotopic (exact) mass is 304 g/mol. The molecule has 0 atom stereocenters. The van der Waals surface area contributed by atoms with Crippen molar-refractivity contribution in [1.29, 1.82) is 0 Å². The number of sulfonamides is 1. The molecule has 1 aromatic rings. The van der Waals surface area contributed by atoms with Crippen LogP contribution in [0.3, 0.4) is 0 Å². The summed E-state index contributed by atoms with van der Waals surface area (Å²) in [4.78, 5) is 11.8. The first kappa shape index (κ1) is 16.3. The lowest BCUT2D eigenvalue weighted by Gasteiger charge is -2.10. The third-order valence-electron chi connectivity index (χ3n) is 2.41. The van der Waals surface area contributed by atoms with E-state index < -0.39 is 21.7 Å². The van der Waals surface area contributed by atoms with Gasteiger partial charge in [-0.2, -0.15) is 0 Å². The zero-order valence-electron chi connectivity index (χ0n) is 10.9. The summed E-state index contributed by atoms with van der Waals surface area (Å²) in [5, 5.41) is 2.55. The van der Waals surface area contributed by atoms with Crippen molar-refractivity contribution in [3.8, 4) is 0 Å². The Labute approximate surface area is 116 Å². The molecule has 0 saturated heterocycles. The Morgan fingerprint density at radius 1 is 1.35 bits per heavy atom. The van der Waals surface area contributed by atoms with Crippen molar-refractivity contribution in [1.82, 2.24) is 10.0 Å². The van der Waals surface area contributed by atoms with Crippen LogP contribution in [-0.2, 0) is 10.0 Å². The highest BCUT2D eigenvalue weighted by atomic mass is 32.2. The molecule has 20 heavy (non-hydrogen) atoms. The van der Waals surface area contributed by atoms with E-state index in [4.69, 9.17) is 5.84 Å². The number of nitrogens with one attached hydrogen (secondary N) is 3. The number of nitrogen functional groups attached to an aromatic ring is 1. The smallest absolute Gasteiger partial charge is 0.253 e. The Kier molecular flexibility index (Phi) is 5.86. The van der Waals surface area contributed by atoms with Crippen LogP contribution in [0, 0.1) is 5.82 Å². The molecule has 1 amide bonds. The molecule has 0 bridgehead atoms. The maximum atomic E-state index is 13.4. The molecule has 0 aromatic heterocycles. The highest BCUT2D eigenvalue weighted by Gasteiger charge is 2.13. The number of hydrazine groups is 1. The molecule has 0 saturated carbocycles. The molecule has 0 radical (unpaired) electrons. The lowest BCUT2D eigenvalue weighted by Crippen LogP contribution is -2.30. The topological polar surface area (TPSA) is 113 Å². The van der Waals surface area contributed by atoms with Gasteiger partial charge < -0.3 is 10.7 Å².